The summed E-state index contributed by atoms with van der Waals surface area (Å²) in [6.45, 7) is 0. The van der Waals surface area contributed by atoms with Crippen molar-refractivity contribution in [3.63, 3.8) is 0 Å². The number of rotatable bonds is 0. The van der Waals surface area contributed by atoms with E-state index in [0.717, 1.165) is 21.8 Å². The summed E-state index contributed by atoms with van der Waals surface area (Å²) in [5, 5.41) is 2.28. The van der Waals surface area contributed by atoms with Crippen LogP contribution >= 0.6 is 0 Å². The predicted molar refractivity (Wildman–Crippen MR) is 71.2 cm³/mol. The van der Waals surface area contributed by atoms with Gasteiger partial charge >= 0.3 is 10.4 Å². The molecule has 0 aliphatic rings. The van der Waals surface area contributed by atoms with E-state index in [1.807, 2.05) is 12.1 Å². The largest absolute Gasteiger partial charge is 0.394 e. The van der Waals surface area contributed by atoms with Crippen LogP contribution in [0.25, 0.3) is 21.8 Å². The summed E-state index contributed by atoms with van der Waals surface area (Å²) in [5.74, 6) is 0. The van der Waals surface area contributed by atoms with Crippen molar-refractivity contribution in [2.45, 2.75) is 0 Å². The van der Waals surface area contributed by atoms with Crippen LogP contribution in [0.3, 0.4) is 0 Å². The fraction of sp³-hybridized carbons (Fsp3) is 0. The molecule has 0 bridgehead atoms. The quantitative estimate of drug-likeness (QED) is 0.371. The maximum Gasteiger partial charge on any atom is 0.394 e. The van der Waals surface area contributed by atoms with Crippen molar-refractivity contribution in [3.05, 3.63) is 48.8 Å². The maximum absolute atomic E-state index is 8.74. The number of hydrogen-bond acceptors (Lipinski definition) is 4. The molecule has 1 aromatic carbocycles. The van der Waals surface area contributed by atoms with Crippen molar-refractivity contribution < 1.29 is 34.6 Å². The Kier molecular flexibility index (Phi) is 5.55. The van der Waals surface area contributed by atoms with Crippen molar-refractivity contribution in [1.29, 1.82) is 0 Å². The summed E-state index contributed by atoms with van der Waals surface area (Å²) in [7, 11) is -4.67. The fourth-order valence-electron chi connectivity index (χ4n) is 1.68. The minimum atomic E-state index is -4.67. The number of aromatic nitrogens is 2. The third-order valence-electron chi connectivity index (χ3n) is 2.34. The average Bonchev–Trinajstić information content (AvgIpc) is 2.37. The smallest absolute Gasteiger partial charge is 0.264 e. The van der Waals surface area contributed by atoms with Gasteiger partial charge in [-0.15, -0.1) is 0 Å². The molecule has 0 saturated carbocycles. The zero-order valence-corrected chi connectivity index (χ0v) is 11.9. The molecule has 3 rings (SSSR count). The van der Waals surface area contributed by atoms with Crippen LogP contribution < -0.4 is 0 Å². The summed E-state index contributed by atoms with van der Waals surface area (Å²) in [4.78, 5) is 8.69. The summed E-state index contributed by atoms with van der Waals surface area (Å²) in [6, 6.07) is 12.1. The first kappa shape index (κ1) is 16.5. The molecule has 20 heavy (non-hydrogen) atoms. The molecular formula is C12H10FeN2O4S. The molecule has 8 heteroatoms. The van der Waals surface area contributed by atoms with Crippen molar-refractivity contribution >= 4 is 32.2 Å². The second-order valence-corrected chi connectivity index (χ2v) is 4.56. The normalized spacial score (nSPS) is 10.5. The Morgan fingerprint density at radius 3 is 1.50 bits per heavy atom. The predicted octanol–water partition coefficient (Wildman–Crippen LogP) is 2.13. The third-order valence-corrected chi connectivity index (χ3v) is 2.34. The van der Waals surface area contributed by atoms with Gasteiger partial charge in [0.2, 0.25) is 0 Å². The Morgan fingerprint density at radius 1 is 0.800 bits per heavy atom. The van der Waals surface area contributed by atoms with Gasteiger partial charge in [-0.1, -0.05) is 24.3 Å². The van der Waals surface area contributed by atoms with Crippen molar-refractivity contribution in [1.82, 2.24) is 9.97 Å². The molecule has 3 aromatic rings. The Hall–Kier alpha value is -1.57. The standard InChI is InChI=1S/C12H8N2.Fe.H2O4S/c1-3-9-5-6-10-4-2-8-14-12(10)11(9)13-7-1;;1-5(2,3)4/h1-8H;;(H2,1,2,3,4). The molecule has 0 radical (unpaired) electrons. The minimum absolute atomic E-state index is 0. The minimum Gasteiger partial charge on any atom is -0.264 e. The van der Waals surface area contributed by atoms with E-state index in [0.29, 0.717) is 0 Å². The number of pyridine rings is 2. The van der Waals surface area contributed by atoms with Gasteiger partial charge in [-0.05, 0) is 12.1 Å². The van der Waals surface area contributed by atoms with Crippen LogP contribution in [0.4, 0.5) is 0 Å². The van der Waals surface area contributed by atoms with Gasteiger partial charge in [0, 0.05) is 40.2 Å². The topological polar surface area (TPSA) is 100 Å². The van der Waals surface area contributed by atoms with Gasteiger partial charge in [-0.3, -0.25) is 19.1 Å². The van der Waals surface area contributed by atoms with E-state index in [9.17, 15) is 0 Å². The van der Waals surface area contributed by atoms with Gasteiger partial charge in [0.1, 0.15) is 0 Å². The van der Waals surface area contributed by atoms with E-state index in [1.54, 1.807) is 12.4 Å². The van der Waals surface area contributed by atoms with E-state index >= 15 is 0 Å². The number of nitrogens with zero attached hydrogens (tertiary/aromatic N) is 2. The number of benzene rings is 1. The van der Waals surface area contributed by atoms with Gasteiger partial charge in [-0.2, -0.15) is 8.42 Å². The Morgan fingerprint density at radius 2 is 1.15 bits per heavy atom. The Balaban J connectivity index is 0.000000293. The first-order valence-corrected chi connectivity index (χ1v) is 6.63. The Bertz CT molecular complexity index is 761. The third kappa shape index (κ3) is 4.52. The molecule has 6 nitrogen and oxygen atoms in total. The van der Waals surface area contributed by atoms with Crippen molar-refractivity contribution in [2.24, 2.45) is 0 Å². The Labute approximate surface area is 125 Å². The van der Waals surface area contributed by atoms with Crippen LogP contribution in [0, 0.1) is 0 Å². The SMILES string of the molecule is O=S(=O)(O)O.[Fe].c1cnc2c(c1)ccc1cccnc12. The van der Waals surface area contributed by atoms with Crippen LogP contribution in [0.5, 0.6) is 0 Å². The van der Waals surface area contributed by atoms with Crippen LogP contribution in [0.15, 0.2) is 48.8 Å². The molecule has 0 amide bonds. The van der Waals surface area contributed by atoms with Gasteiger partial charge in [-0.25, -0.2) is 0 Å². The zero-order chi connectivity index (χ0) is 13.9. The second kappa shape index (κ2) is 6.74. The molecule has 106 valence electrons. The van der Waals surface area contributed by atoms with Crippen molar-refractivity contribution in [2.75, 3.05) is 0 Å². The van der Waals surface area contributed by atoms with Gasteiger partial charge in [0.05, 0.1) is 11.0 Å². The molecule has 0 spiro atoms. The van der Waals surface area contributed by atoms with E-state index in [-0.39, 0.29) is 17.1 Å². The van der Waals surface area contributed by atoms with E-state index in [2.05, 4.69) is 34.2 Å². The van der Waals surface area contributed by atoms with Crippen LogP contribution in [-0.2, 0) is 27.5 Å². The average molecular weight is 334 g/mol. The molecule has 0 unspecified atom stereocenters. The van der Waals surface area contributed by atoms with Crippen molar-refractivity contribution in [3.8, 4) is 0 Å². The number of fused-ring (bicyclic) bond motifs is 3. The molecule has 0 saturated heterocycles. The zero-order valence-electron chi connectivity index (χ0n) is 9.99. The molecule has 0 aliphatic heterocycles. The molecule has 0 fully saturated rings. The van der Waals surface area contributed by atoms with E-state index in [1.165, 1.54) is 0 Å². The second-order valence-electron chi connectivity index (χ2n) is 3.66. The van der Waals surface area contributed by atoms with E-state index in [4.69, 9.17) is 17.5 Å². The molecule has 2 aromatic heterocycles. The molecule has 0 aliphatic carbocycles. The molecule has 2 N–H and O–H groups in total. The monoisotopic (exact) mass is 334 g/mol. The van der Waals surface area contributed by atoms with Crippen LogP contribution in [0.2, 0.25) is 0 Å². The van der Waals surface area contributed by atoms with Crippen LogP contribution in [-0.4, -0.2) is 27.5 Å². The number of hydrogen-bond donors (Lipinski definition) is 2. The summed E-state index contributed by atoms with van der Waals surface area (Å²) < 4.78 is 31.6. The fourth-order valence-corrected chi connectivity index (χ4v) is 1.68. The molecular weight excluding hydrogens is 324 g/mol. The first-order valence-electron chi connectivity index (χ1n) is 5.23. The van der Waals surface area contributed by atoms with E-state index < -0.39 is 10.4 Å². The summed E-state index contributed by atoms with van der Waals surface area (Å²) in [6.07, 6.45) is 3.60. The summed E-state index contributed by atoms with van der Waals surface area (Å²) >= 11 is 0. The summed E-state index contributed by atoms with van der Waals surface area (Å²) in [5.41, 5.74) is 1.95. The van der Waals surface area contributed by atoms with Gasteiger partial charge in [0.15, 0.2) is 0 Å². The molecule has 0 atom stereocenters. The molecule has 2 heterocycles. The first-order chi connectivity index (χ1) is 8.95. The van der Waals surface area contributed by atoms with Crippen LogP contribution in [0.1, 0.15) is 0 Å². The van der Waals surface area contributed by atoms with Gasteiger partial charge < -0.3 is 0 Å². The maximum atomic E-state index is 8.74. The van der Waals surface area contributed by atoms with Gasteiger partial charge in [0.25, 0.3) is 0 Å².